The Morgan fingerprint density at radius 1 is 1.21 bits per heavy atom. The summed E-state index contributed by atoms with van der Waals surface area (Å²) in [5, 5.41) is 10.3. The van der Waals surface area contributed by atoms with E-state index in [1.807, 2.05) is 6.07 Å². The molecule has 0 bridgehead atoms. The number of aromatic hydroxyl groups is 1. The van der Waals surface area contributed by atoms with E-state index < -0.39 is 12.1 Å². The zero-order chi connectivity index (χ0) is 20.5. The SMILES string of the molecule is CCCCOCCOC(=O)C(C)Oc1ccc(-c2ncc(Br)cc2Br)cc1O. The average Bonchev–Trinajstić information content (AvgIpc) is 2.66. The zero-order valence-electron chi connectivity index (χ0n) is 15.8. The smallest absolute Gasteiger partial charge is 0.347 e. The monoisotopic (exact) mass is 515 g/mol. The van der Waals surface area contributed by atoms with Gasteiger partial charge < -0.3 is 19.3 Å². The van der Waals surface area contributed by atoms with Gasteiger partial charge in [-0.3, -0.25) is 4.98 Å². The molecule has 28 heavy (non-hydrogen) atoms. The topological polar surface area (TPSA) is 77.9 Å². The summed E-state index contributed by atoms with van der Waals surface area (Å²) >= 11 is 6.81. The maximum atomic E-state index is 12.0. The molecule has 8 heteroatoms. The number of halogens is 2. The molecule has 0 fully saturated rings. The van der Waals surface area contributed by atoms with Gasteiger partial charge in [0.05, 0.1) is 12.3 Å². The molecule has 2 rings (SSSR count). The number of benzene rings is 1. The number of hydrogen-bond donors (Lipinski definition) is 1. The second-order valence-electron chi connectivity index (χ2n) is 6.06. The summed E-state index contributed by atoms with van der Waals surface area (Å²) in [6, 6.07) is 6.76. The second kappa shape index (κ2) is 11.4. The van der Waals surface area contributed by atoms with Gasteiger partial charge in [-0.05, 0) is 69.5 Å². The van der Waals surface area contributed by atoms with E-state index in [4.69, 9.17) is 14.2 Å². The highest BCUT2D eigenvalue weighted by Gasteiger charge is 2.18. The molecule has 2 aromatic rings. The average molecular weight is 517 g/mol. The molecule has 1 aromatic carbocycles. The molecule has 1 aromatic heterocycles. The Balaban J connectivity index is 1.92. The van der Waals surface area contributed by atoms with E-state index >= 15 is 0 Å². The quantitative estimate of drug-likeness (QED) is 0.349. The van der Waals surface area contributed by atoms with Crippen LogP contribution in [0.3, 0.4) is 0 Å². The van der Waals surface area contributed by atoms with Crippen molar-refractivity contribution in [3.63, 3.8) is 0 Å². The van der Waals surface area contributed by atoms with Crippen LogP contribution in [0.25, 0.3) is 11.3 Å². The summed E-state index contributed by atoms with van der Waals surface area (Å²) in [7, 11) is 0. The van der Waals surface area contributed by atoms with Gasteiger partial charge in [-0.2, -0.15) is 0 Å². The summed E-state index contributed by atoms with van der Waals surface area (Å²) in [6.07, 6.45) is 2.85. The first-order valence-corrected chi connectivity index (χ1v) is 10.6. The van der Waals surface area contributed by atoms with Crippen LogP contribution in [-0.2, 0) is 14.3 Å². The lowest BCUT2D eigenvalue weighted by atomic mass is 10.1. The number of phenolic OH excluding ortho intramolecular Hbond substituents is 1. The molecule has 1 unspecified atom stereocenters. The Bertz CT molecular complexity index is 800. The zero-order valence-corrected chi connectivity index (χ0v) is 19.0. The number of phenols is 1. The number of esters is 1. The largest absolute Gasteiger partial charge is 0.504 e. The number of rotatable bonds is 10. The lowest BCUT2D eigenvalue weighted by molar-refractivity contribution is -0.152. The number of pyridine rings is 1. The van der Waals surface area contributed by atoms with Gasteiger partial charge in [0.2, 0.25) is 0 Å². The van der Waals surface area contributed by atoms with Gasteiger partial charge in [-0.1, -0.05) is 13.3 Å². The predicted octanol–water partition coefficient (Wildman–Crippen LogP) is 5.11. The van der Waals surface area contributed by atoms with Crippen molar-refractivity contribution in [3.8, 4) is 22.8 Å². The molecule has 0 saturated heterocycles. The molecular weight excluding hydrogens is 494 g/mol. The highest BCUT2D eigenvalue weighted by atomic mass is 79.9. The van der Waals surface area contributed by atoms with Crippen molar-refractivity contribution in [1.82, 2.24) is 4.98 Å². The highest BCUT2D eigenvalue weighted by Crippen LogP contribution is 2.35. The van der Waals surface area contributed by atoms with Crippen molar-refractivity contribution in [3.05, 3.63) is 39.4 Å². The minimum atomic E-state index is -0.857. The van der Waals surface area contributed by atoms with Crippen molar-refractivity contribution in [2.24, 2.45) is 0 Å². The Labute approximate surface area is 181 Å². The molecule has 0 saturated carbocycles. The van der Waals surface area contributed by atoms with Gasteiger partial charge in [0.25, 0.3) is 0 Å². The van der Waals surface area contributed by atoms with Crippen LogP contribution in [0.15, 0.2) is 39.4 Å². The van der Waals surface area contributed by atoms with Gasteiger partial charge in [0, 0.05) is 27.3 Å². The number of ether oxygens (including phenoxy) is 3. The first-order valence-electron chi connectivity index (χ1n) is 8.97. The number of aromatic nitrogens is 1. The summed E-state index contributed by atoms with van der Waals surface area (Å²) in [4.78, 5) is 16.3. The third-order valence-electron chi connectivity index (χ3n) is 3.79. The first kappa shape index (κ1) is 22.6. The maximum Gasteiger partial charge on any atom is 0.347 e. The van der Waals surface area contributed by atoms with Crippen molar-refractivity contribution in [2.75, 3.05) is 19.8 Å². The standard InChI is InChI=1S/C20H23Br2NO5/c1-3-4-7-26-8-9-27-20(25)13(2)28-18-6-5-14(10-17(18)24)19-16(22)11-15(21)12-23-19/h5-6,10-13,24H,3-4,7-9H2,1-2H3. The van der Waals surface area contributed by atoms with E-state index in [2.05, 4.69) is 43.8 Å². The van der Waals surface area contributed by atoms with Crippen LogP contribution in [0.1, 0.15) is 26.7 Å². The normalized spacial score (nSPS) is 11.9. The number of hydrogen-bond acceptors (Lipinski definition) is 6. The van der Waals surface area contributed by atoms with Crippen LogP contribution in [0.2, 0.25) is 0 Å². The van der Waals surface area contributed by atoms with E-state index in [0.717, 1.165) is 21.8 Å². The van der Waals surface area contributed by atoms with Crippen LogP contribution in [-0.4, -0.2) is 42.0 Å². The van der Waals surface area contributed by atoms with Gasteiger partial charge in [0.15, 0.2) is 17.6 Å². The van der Waals surface area contributed by atoms with Crippen molar-refractivity contribution >= 4 is 37.8 Å². The summed E-state index contributed by atoms with van der Waals surface area (Å²) in [6.45, 7) is 4.83. The van der Waals surface area contributed by atoms with Crippen molar-refractivity contribution in [2.45, 2.75) is 32.8 Å². The van der Waals surface area contributed by atoms with Gasteiger partial charge in [-0.25, -0.2) is 4.79 Å². The Morgan fingerprint density at radius 2 is 2.00 bits per heavy atom. The summed E-state index contributed by atoms with van der Waals surface area (Å²) in [5.74, 6) is -0.405. The van der Waals surface area contributed by atoms with Crippen LogP contribution >= 0.6 is 31.9 Å². The molecule has 0 radical (unpaired) electrons. The van der Waals surface area contributed by atoms with E-state index in [9.17, 15) is 9.90 Å². The van der Waals surface area contributed by atoms with E-state index in [-0.39, 0.29) is 18.1 Å². The molecule has 6 nitrogen and oxygen atoms in total. The van der Waals surface area contributed by atoms with Crippen molar-refractivity contribution in [1.29, 1.82) is 0 Å². The summed E-state index contributed by atoms with van der Waals surface area (Å²) in [5.41, 5.74) is 1.39. The fourth-order valence-electron chi connectivity index (χ4n) is 2.30. The third-order valence-corrected chi connectivity index (χ3v) is 4.83. The number of carbonyl (C=O) groups is 1. The van der Waals surface area contributed by atoms with Gasteiger partial charge >= 0.3 is 5.97 Å². The third kappa shape index (κ3) is 6.76. The van der Waals surface area contributed by atoms with E-state index in [0.29, 0.717) is 24.5 Å². The maximum absolute atomic E-state index is 12.0. The number of unbranched alkanes of at least 4 members (excludes halogenated alkanes) is 1. The molecule has 0 aliphatic carbocycles. The Hall–Kier alpha value is -1.64. The van der Waals surface area contributed by atoms with Crippen LogP contribution in [0.5, 0.6) is 11.5 Å². The van der Waals surface area contributed by atoms with E-state index in [1.165, 1.54) is 6.07 Å². The molecule has 1 heterocycles. The molecule has 0 spiro atoms. The Kier molecular flexibility index (Phi) is 9.21. The van der Waals surface area contributed by atoms with E-state index in [1.54, 1.807) is 25.3 Å². The highest BCUT2D eigenvalue weighted by molar-refractivity contribution is 9.11. The molecule has 1 N–H and O–H groups in total. The Morgan fingerprint density at radius 3 is 2.68 bits per heavy atom. The summed E-state index contributed by atoms with van der Waals surface area (Å²) < 4.78 is 17.6. The fraction of sp³-hybridized carbons (Fsp3) is 0.400. The minimum absolute atomic E-state index is 0.0864. The lowest BCUT2D eigenvalue weighted by Crippen LogP contribution is -2.27. The van der Waals surface area contributed by atoms with Gasteiger partial charge in [-0.15, -0.1) is 0 Å². The first-order chi connectivity index (χ1) is 13.4. The second-order valence-corrected chi connectivity index (χ2v) is 7.83. The minimum Gasteiger partial charge on any atom is -0.504 e. The van der Waals surface area contributed by atoms with Gasteiger partial charge in [0.1, 0.15) is 6.61 Å². The fourth-order valence-corrected chi connectivity index (χ4v) is 3.51. The molecule has 152 valence electrons. The van der Waals surface area contributed by atoms with Crippen LogP contribution < -0.4 is 4.74 Å². The predicted molar refractivity (Wildman–Crippen MR) is 114 cm³/mol. The lowest BCUT2D eigenvalue weighted by Gasteiger charge is -2.15. The van der Waals surface area contributed by atoms with Crippen LogP contribution in [0.4, 0.5) is 0 Å². The molecule has 0 aliphatic rings. The molecular formula is C20H23Br2NO5. The molecule has 1 atom stereocenters. The molecule has 0 aliphatic heterocycles. The molecule has 0 amide bonds. The van der Waals surface area contributed by atoms with Crippen molar-refractivity contribution < 1.29 is 24.1 Å². The number of nitrogens with zero attached hydrogens (tertiary/aromatic N) is 1. The number of carbonyl (C=O) groups excluding carboxylic acids is 1. The van der Waals surface area contributed by atoms with Crippen LogP contribution in [0, 0.1) is 0 Å².